The van der Waals surface area contributed by atoms with E-state index in [2.05, 4.69) is 10.0 Å². The van der Waals surface area contributed by atoms with E-state index < -0.39 is 43.3 Å². The smallest absolute Gasteiger partial charge is 0.407 e. The van der Waals surface area contributed by atoms with Crippen molar-refractivity contribution in [2.45, 2.75) is 43.9 Å². The normalized spacial score (nSPS) is 12.7. The number of hydrogen-bond donors (Lipinski definition) is 2. The number of alkyl carbamates (subject to hydrolysis) is 1. The quantitative estimate of drug-likeness (QED) is 0.406. The van der Waals surface area contributed by atoms with Gasteiger partial charge in [0.15, 0.2) is 4.90 Å². The van der Waals surface area contributed by atoms with Crippen LogP contribution in [0.4, 0.5) is 10.5 Å². The first-order valence-electron chi connectivity index (χ1n) is 9.82. The number of nitrogens with one attached hydrogen (secondary N) is 2. The molecule has 32 heavy (non-hydrogen) atoms. The number of nitro benzene ring substituents is 1. The van der Waals surface area contributed by atoms with E-state index in [-0.39, 0.29) is 19.8 Å². The third-order valence-electron chi connectivity index (χ3n) is 4.00. The highest BCUT2D eigenvalue weighted by Crippen LogP contribution is 2.23. The Morgan fingerprint density at radius 3 is 2.34 bits per heavy atom. The van der Waals surface area contributed by atoms with Crippen molar-refractivity contribution in [1.82, 2.24) is 10.0 Å². The fourth-order valence-corrected chi connectivity index (χ4v) is 4.06. The Morgan fingerprint density at radius 2 is 1.72 bits per heavy atom. The first-order valence-corrected chi connectivity index (χ1v) is 11.3. The van der Waals surface area contributed by atoms with Gasteiger partial charge in [0.05, 0.1) is 24.2 Å². The largest absolute Gasteiger partial charge is 0.444 e. The second kappa shape index (κ2) is 11.0. The molecule has 0 fully saturated rings. The highest BCUT2D eigenvalue weighted by Gasteiger charge is 2.28. The summed E-state index contributed by atoms with van der Waals surface area (Å²) in [5.74, 6) is 0. The van der Waals surface area contributed by atoms with Crippen LogP contribution in [0.5, 0.6) is 0 Å². The van der Waals surface area contributed by atoms with E-state index in [1.165, 1.54) is 12.1 Å². The number of benzene rings is 2. The lowest BCUT2D eigenvalue weighted by Crippen LogP contribution is -2.47. The molecule has 0 aromatic heterocycles. The van der Waals surface area contributed by atoms with Gasteiger partial charge in [-0.1, -0.05) is 42.5 Å². The Bertz CT molecular complexity index is 1020. The number of para-hydroxylation sites is 1. The summed E-state index contributed by atoms with van der Waals surface area (Å²) in [6.45, 7) is 5.07. The minimum atomic E-state index is -4.28. The van der Waals surface area contributed by atoms with E-state index in [1.807, 2.05) is 30.3 Å². The van der Waals surface area contributed by atoms with E-state index in [1.54, 1.807) is 20.8 Å². The highest BCUT2D eigenvalue weighted by atomic mass is 32.2. The number of nitro groups is 1. The second-order valence-electron chi connectivity index (χ2n) is 7.93. The molecule has 0 saturated heterocycles. The van der Waals surface area contributed by atoms with Gasteiger partial charge in [0.1, 0.15) is 5.60 Å². The fraction of sp³-hybridized carbons (Fsp3) is 0.381. The predicted molar refractivity (Wildman–Crippen MR) is 118 cm³/mol. The summed E-state index contributed by atoms with van der Waals surface area (Å²) in [6, 6.07) is 13.4. The fourth-order valence-electron chi connectivity index (χ4n) is 2.67. The first kappa shape index (κ1) is 25.2. The Balaban J connectivity index is 2.13. The molecule has 2 N–H and O–H groups in total. The van der Waals surface area contributed by atoms with Gasteiger partial charge in [-0.3, -0.25) is 10.1 Å². The number of amides is 1. The third-order valence-corrected chi connectivity index (χ3v) is 5.56. The van der Waals surface area contributed by atoms with Crippen LogP contribution in [0.25, 0.3) is 0 Å². The molecular weight excluding hydrogens is 438 g/mol. The summed E-state index contributed by atoms with van der Waals surface area (Å²) in [5, 5.41) is 13.7. The van der Waals surface area contributed by atoms with Crippen molar-refractivity contribution in [3.63, 3.8) is 0 Å². The Kier molecular flexibility index (Phi) is 8.70. The number of rotatable bonds is 10. The van der Waals surface area contributed by atoms with Gasteiger partial charge < -0.3 is 14.8 Å². The number of nitrogens with zero attached hydrogens (tertiary/aromatic N) is 1. The highest BCUT2D eigenvalue weighted by molar-refractivity contribution is 7.89. The molecule has 0 radical (unpaired) electrons. The van der Waals surface area contributed by atoms with Gasteiger partial charge >= 0.3 is 6.09 Å². The van der Waals surface area contributed by atoms with E-state index in [0.717, 1.165) is 17.7 Å². The average molecular weight is 466 g/mol. The topological polar surface area (TPSA) is 137 Å². The second-order valence-corrected chi connectivity index (χ2v) is 9.61. The van der Waals surface area contributed by atoms with Crippen molar-refractivity contribution in [2.24, 2.45) is 0 Å². The van der Waals surface area contributed by atoms with E-state index in [4.69, 9.17) is 9.47 Å². The SMILES string of the molecule is CC(C)(C)OC(=O)NCC(COCc1ccccc1)NS(=O)(=O)c1ccccc1[N+](=O)[O-]. The third kappa shape index (κ3) is 8.25. The summed E-state index contributed by atoms with van der Waals surface area (Å²) >= 11 is 0. The predicted octanol–water partition coefficient (Wildman–Crippen LogP) is 2.98. The summed E-state index contributed by atoms with van der Waals surface area (Å²) in [4.78, 5) is 22.0. The maximum absolute atomic E-state index is 12.9. The van der Waals surface area contributed by atoms with Crippen molar-refractivity contribution < 1.29 is 27.6 Å². The molecule has 2 rings (SSSR count). The lowest BCUT2D eigenvalue weighted by Gasteiger charge is -2.22. The summed E-state index contributed by atoms with van der Waals surface area (Å²) < 4.78 is 38.9. The van der Waals surface area contributed by atoms with Crippen LogP contribution in [0.3, 0.4) is 0 Å². The van der Waals surface area contributed by atoms with Gasteiger partial charge in [-0.15, -0.1) is 0 Å². The number of hydrogen-bond acceptors (Lipinski definition) is 7. The molecule has 2 aromatic rings. The van der Waals surface area contributed by atoms with Gasteiger partial charge in [-0.25, -0.2) is 17.9 Å². The molecule has 0 bridgehead atoms. The van der Waals surface area contributed by atoms with Crippen LogP contribution in [-0.2, 0) is 26.1 Å². The maximum Gasteiger partial charge on any atom is 0.407 e. The molecule has 10 nitrogen and oxygen atoms in total. The lowest BCUT2D eigenvalue weighted by molar-refractivity contribution is -0.387. The Morgan fingerprint density at radius 1 is 1.09 bits per heavy atom. The van der Waals surface area contributed by atoms with Crippen LogP contribution in [0.1, 0.15) is 26.3 Å². The van der Waals surface area contributed by atoms with Gasteiger partial charge in [-0.05, 0) is 32.4 Å². The van der Waals surface area contributed by atoms with Crippen LogP contribution in [0.15, 0.2) is 59.5 Å². The molecular formula is C21H27N3O7S. The van der Waals surface area contributed by atoms with Crippen LogP contribution in [-0.4, -0.2) is 44.2 Å². The molecule has 0 aliphatic heterocycles. The Hall–Kier alpha value is -3.02. The van der Waals surface area contributed by atoms with Crippen LogP contribution in [0.2, 0.25) is 0 Å². The Labute approximate surface area is 187 Å². The van der Waals surface area contributed by atoms with E-state index >= 15 is 0 Å². The average Bonchev–Trinajstić information content (AvgIpc) is 2.71. The molecule has 2 aromatic carbocycles. The minimum Gasteiger partial charge on any atom is -0.444 e. The van der Waals surface area contributed by atoms with Crippen molar-refractivity contribution in [3.8, 4) is 0 Å². The van der Waals surface area contributed by atoms with Gasteiger partial charge in [0.2, 0.25) is 10.0 Å². The maximum atomic E-state index is 12.9. The van der Waals surface area contributed by atoms with E-state index in [0.29, 0.717) is 0 Å². The standard InChI is InChI=1S/C21H27N3O7S/c1-21(2,3)31-20(25)22-13-17(15-30-14-16-9-5-4-6-10-16)23-32(28,29)19-12-8-7-11-18(19)24(26)27/h4-12,17,23H,13-15H2,1-3H3,(H,22,25). The van der Waals surface area contributed by atoms with Crippen molar-refractivity contribution in [1.29, 1.82) is 0 Å². The van der Waals surface area contributed by atoms with Crippen molar-refractivity contribution in [2.75, 3.05) is 13.2 Å². The monoisotopic (exact) mass is 465 g/mol. The molecule has 0 spiro atoms. The van der Waals surface area contributed by atoms with E-state index in [9.17, 15) is 23.3 Å². The molecule has 0 saturated carbocycles. The summed E-state index contributed by atoms with van der Waals surface area (Å²) in [5.41, 5.74) is -0.398. The summed E-state index contributed by atoms with van der Waals surface area (Å²) in [7, 11) is -4.28. The number of carbonyl (C=O) groups excluding carboxylic acids is 1. The van der Waals surface area contributed by atoms with Crippen LogP contribution >= 0.6 is 0 Å². The summed E-state index contributed by atoms with van der Waals surface area (Å²) in [6.07, 6.45) is -0.726. The number of carbonyl (C=O) groups is 1. The zero-order valence-corrected chi connectivity index (χ0v) is 18.9. The van der Waals surface area contributed by atoms with Crippen molar-refractivity contribution >= 4 is 21.8 Å². The zero-order chi connectivity index (χ0) is 23.8. The molecule has 11 heteroatoms. The van der Waals surface area contributed by atoms with Crippen molar-refractivity contribution in [3.05, 3.63) is 70.3 Å². The first-order chi connectivity index (χ1) is 15.0. The molecule has 1 unspecified atom stereocenters. The molecule has 174 valence electrons. The van der Waals surface area contributed by atoms with Gasteiger partial charge in [-0.2, -0.15) is 0 Å². The lowest BCUT2D eigenvalue weighted by atomic mass is 10.2. The number of sulfonamides is 1. The minimum absolute atomic E-state index is 0.0927. The molecule has 0 aliphatic carbocycles. The molecule has 0 aliphatic rings. The van der Waals surface area contributed by atoms with Crippen LogP contribution < -0.4 is 10.0 Å². The molecule has 1 amide bonds. The molecule has 0 heterocycles. The van der Waals surface area contributed by atoms with Crippen LogP contribution in [0, 0.1) is 10.1 Å². The zero-order valence-electron chi connectivity index (χ0n) is 18.1. The van der Waals surface area contributed by atoms with Gasteiger partial charge in [0.25, 0.3) is 5.69 Å². The van der Waals surface area contributed by atoms with Gasteiger partial charge in [0, 0.05) is 12.6 Å². The number of ether oxygens (including phenoxy) is 2. The molecule has 1 atom stereocenters.